The van der Waals surface area contributed by atoms with Crippen molar-refractivity contribution in [2.45, 2.75) is 270 Å². The minimum Gasteiger partial charge on any atom is -0.545 e. The minimum atomic E-state index is -1.63. The van der Waals surface area contributed by atoms with E-state index in [2.05, 4.69) is 98.9 Å². The number of ether oxygens (including phenoxy) is 4. The normalized spacial score (nSPS) is 13.3. The SMILES string of the molecule is CC/C=C\C/C=C\C/C=C\C/C=C\C/C=C\C/C=C\CCCCCCCCC(=O)OC(COC(=O)CCCCCCCCCCCCCCC/C=C\CCCCCCCCCC)COC(OCC[N+](C)(C)C)C(=O)[O-]. The van der Waals surface area contributed by atoms with Crippen LogP contribution in [0, 0.1) is 0 Å². The molecular formula is C66H115NO8. The monoisotopic (exact) mass is 1050 g/mol. The number of quaternary nitrogens is 1. The summed E-state index contributed by atoms with van der Waals surface area (Å²) in [5, 5.41) is 11.8. The average Bonchev–Trinajstić information content (AvgIpc) is 3.38. The van der Waals surface area contributed by atoms with Crippen molar-refractivity contribution in [1.29, 1.82) is 0 Å². The van der Waals surface area contributed by atoms with E-state index in [1.54, 1.807) is 0 Å². The summed E-state index contributed by atoms with van der Waals surface area (Å²) >= 11 is 0. The van der Waals surface area contributed by atoms with Crippen LogP contribution in [0.1, 0.15) is 258 Å². The number of carbonyl (C=O) groups is 3. The van der Waals surface area contributed by atoms with Crippen LogP contribution in [0.4, 0.5) is 0 Å². The number of esters is 2. The van der Waals surface area contributed by atoms with Crippen LogP contribution in [0.5, 0.6) is 0 Å². The third-order valence-electron chi connectivity index (χ3n) is 13.1. The van der Waals surface area contributed by atoms with Gasteiger partial charge in [0.1, 0.15) is 13.2 Å². The van der Waals surface area contributed by atoms with Gasteiger partial charge < -0.3 is 33.3 Å². The van der Waals surface area contributed by atoms with Crippen molar-refractivity contribution in [3.05, 3.63) is 85.1 Å². The lowest BCUT2D eigenvalue weighted by Gasteiger charge is -2.26. The van der Waals surface area contributed by atoms with Gasteiger partial charge >= 0.3 is 11.9 Å². The summed E-state index contributed by atoms with van der Waals surface area (Å²) in [6, 6.07) is 0. The highest BCUT2D eigenvalue weighted by atomic mass is 16.7. The summed E-state index contributed by atoms with van der Waals surface area (Å²) in [6.07, 6.45) is 72.0. The molecule has 0 aliphatic rings. The van der Waals surface area contributed by atoms with Crippen LogP contribution in [0.3, 0.4) is 0 Å². The second-order valence-electron chi connectivity index (χ2n) is 21.6. The standard InChI is InChI=1S/C66H115NO8/c1-6-8-10-12-14-16-18-20-22-24-26-28-30-32-34-36-38-40-42-44-46-48-50-52-54-56-63(68)73-60-62(61-74-66(65(70)71)72-59-58-67(3,4)5)75-64(69)57-55-53-51-49-47-45-43-41-39-37-35-33-31-29-27-25-23-21-19-17-15-13-11-9-7-2/h9,11,15,17,21,23-24,26-27,29,33,35,39,41,62,66H,6-8,10,12-14,16,18-20,22,25,28,30-32,34,36-38,40,42-61H2,1-5H3/b11-9-,17-15-,23-21-,26-24-,29-27-,35-33-,41-39-. The molecule has 9 heteroatoms. The van der Waals surface area contributed by atoms with Crippen LogP contribution in [-0.4, -0.2) is 82.3 Å². The molecule has 0 aromatic carbocycles. The molecule has 0 radical (unpaired) electrons. The first-order chi connectivity index (χ1) is 36.6. The molecule has 0 amide bonds. The molecule has 75 heavy (non-hydrogen) atoms. The number of carbonyl (C=O) groups excluding carboxylic acids is 3. The van der Waals surface area contributed by atoms with Crippen molar-refractivity contribution in [1.82, 2.24) is 0 Å². The Kier molecular flexibility index (Phi) is 54.0. The van der Waals surface area contributed by atoms with Gasteiger partial charge in [0.25, 0.3) is 0 Å². The lowest BCUT2D eigenvalue weighted by atomic mass is 10.0. The lowest BCUT2D eigenvalue weighted by molar-refractivity contribution is -0.870. The molecule has 0 aliphatic heterocycles. The van der Waals surface area contributed by atoms with Crippen LogP contribution in [0.25, 0.3) is 0 Å². The summed E-state index contributed by atoms with van der Waals surface area (Å²) < 4.78 is 22.7. The molecule has 432 valence electrons. The van der Waals surface area contributed by atoms with Crippen molar-refractivity contribution in [2.24, 2.45) is 0 Å². The molecular weight excluding hydrogens is 935 g/mol. The number of allylic oxidation sites excluding steroid dienone is 14. The van der Waals surface area contributed by atoms with E-state index in [1.807, 2.05) is 21.1 Å². The second kappa shape index (κ2) is 56.7. The number of carboxylic acid groups (broad SMARTS) is 1. The van der Waals surface area contributed by atoms with Gasteiger partial charge in [-0.1, -0.05) is 240 Å². The molecule has 0 fully saturated rings. The summed E-state index contributed by atoms with van der Waals surface area (Å²) in [5.41, 5.74) is 0. The van der Waals surface area contributed by atoms with Gasteiger partial charge in [-0.2, -0.15) is 0 Å². The molecule has 0 saturated carbocycles. The molecule has 2 unspecified atom stereocenters. The average molecular weight is 1050 g/mol. The molecule has 0 spiro atoms. The molecule has 2 atom stereocenters. The maximum absolute atomic E-state index is 12.9. The molecule has 0 aliphatic carbocycles. The number of nitrogens with zero attached hydrogens (tertiary/aromatic N) is 1. The van der Waals surface area contributed by atoms with Crippen LogP contribution in [0.15, 0.2) is 85.1 Å². The zero-order chi connectivity index (χ0) is 54.8. The lowest BCUT2D eigenvalue weighted by Crippen LogP contribution is -2.44. The molecule has 0 bridgehead atoms. The van der Waals surface area contributed by atoms with Crippen molar-refractivity contribution < 1.29 is 42.9 Å². The summed E-state index contributed by atoms with van der Waals surface area (Å²) in [6.45, 7) is 4.63. The Bertz CT molecular complexity index is 1500. The molecule has 0 N–H and O–H groups in total. The Morgan fingerprint density at radius 3 is 1.15 bits per heavy atom. The minimum absolute atomic E-state index is 0.141. The van der Waals surface area contributed by atoms with E-state index in [4.69, 9.17) is 18.9 Å². The first-order valence-electron chi connectivity index (χ1n) is 30.7. The van der Waals surface area contributed by atoms with Gasteiger partial charge in [0, 0.05) is 12.8 Å². The van der Waals surface area contributed by atoms with Crippen molar-refractivity contribution >= 4 is 17.9 Å². The number of carboxylic acids is 1. The van der Waals surface area contributed by atoms with E-state index >= 15 is 0 Å². The molecule has 0 saturated heterocycles. The quantitative estimate of drug-likeness (QED) is 0.0195. The highest BCUT2D eigenvalue weighted by Gasteiger charge is 2.22. The Labute approximate surface area is 461 Å². The van der Waals surface area contributed by atoms with Crippen molar-refractivity contribution in [3.63, 3.8) is 0 Å². The fraction of sp³-hybridized carbons (Fsp3) is 0.742. The van der Waals surface area contributed by atoms with Crippen molar-refractivity contribution in [3.8, 4) is 0 Å². The van der Waals surface area contributed by atoms with Gasteiger partial charge in [-0.05, 0) is 89.9 Å². The number of likely N-dealkylation sites (N-methyl/N-ethyl adjacent to an activating group) is 1. The van der Waals surface area contributed by atoms with E-state index in [1.165, 1.54) is 128 Å². The van der Waals surface area contributed by atoms with Crippen LogP contribution < -0.4 is 5.11 Å². The third kappa shape index (κ3) is 58.0. The summed E-state index contributed by atoms with van der Waals surface area (Å²) in [4.78, 5) is 37.4. The number of hydrogen-bond donors (Lipinski definition) is 0. The van der Waals surface area contributed by atoms with Crippen LogP contribution in [-0.2, 0) is 33.3 Å². The van der Waals surface area contributed by atoms with Crippen LogP contribution in [0.2, 0.25) is 0 Å². The first-order valence-corrected chi connectivity index (χ1v) is 30.7. The Morgan fingerprint density at radius 1 is 0.413 bits per heavy atom. The van der Waals surface area contributed by atoms with E-state index in [-0.39, 0.29) is 38.6 Å². The fourth-order valence-electron chi connectivity index (χ4n) is 8.42. The maximum Gasteiger partial charge on any atom is 0.306 e. The molecule has 0 rings (SSSR count). The highest BCUT2D eigenvalue weighted by Crippen LogP contribution is 2.16. The zero-order valence-corrected chi connectivity index (χ0v) is 49.1. The largest absolute Gasteiger partial charge is 0.545 e. The predicted molar refractivity (Wildman–Crippen MR) is 315 cm³/mol. The van der Waals surface area contributed by atoms with Gasteiger partial charge in [-0.3, -0.25) is 9.59 Å². The van der Waals surface area contributed by atoms with Gasteiger partial charge in [-0.25, -0.2) is 0 Å². The summed E-state index contributed by atoms with van der Waals surface area (Å²) in [5.74, 6) is -2.30. The molecule has 0 heterocycles. The van der Waals surface area contributed by atoms with Gasteiger partial charge in [0.2, 0.25) is 0 Å². The Balaban J connectivity index is 4.25. The van der Waals surface area contributed by atoms with Crippen molar-refractivity contribution in [2.75, 3.05) is 47.5 Å². The fourth-order valence-corrected chi connectivity index (χ4v) is 8.42. The van der Waals surface area contributed by atoms with E-state index in [0.29, 0.717) is 17.4 Å². The third-order valence-corrected chi connectivity index (χ3v) is 13.1. The Morgan fingerprint density at radius 2 is 0.760 bits per heavy atom. The summed E-state index contributed by atoms with van der Waals surface area (Å²) in [7, 11) is 5.92. The topological polar surface area (TPSA) is 111 Å². The number of rotatable bonds is 56. The number of hydrogen-bond acceptors (Lipinski definition) is 8. The Hall–Kier alpha value is -3.53. The number of unbranched alkanes of at least 4 members (excludes halogenated alkanes) is 27. The van der Waals surface area contributed by atoms with E-state index < -0.39 is 24.3 Å². The van der Waals surface area contributed by atoms with Gasteiger partial charge in [-0.15, -0.1) is 0 Å². The maximum atomic E-state index is 12.9. The van der Waals surface area contributed by atoms with Gasteiger partial charge in [0.05, 0.1) is 40.3 Å². The van der Waals surface area contributed by atoms with E-state index in [0.717, 1.165) is 96.3 Å². The van der Waals surface area contributed by atoms with E-state index in [9.17, 15) is 19.5 Å². The molecule has 0 aromatic rings. The molecule has 9 nitrogen and oxygen atoms in total. The smallest absolute Gasteiger partial charge is 0.306 e. The first kappa shape index (κ1) is 71.5. The van der Waals surface area contributed by atoms with Gasteiger partial charge in [0.15, 0.2) is 12.4 Å². The second-order valence-corrected chi connectivity index (χ2v) is 21.6. The predicted octanol–water partition coefficient (Wildman–Crippen LogP) is 17.0. The molecule has 0 aromatic heterocycles. The highest BCUT2D eigenvalue weighted by molar-refractivity contribution is 5.70. The van der Waals surface area contributed by atoms with Crippen LogP contribution >= 0.6 is 0 Å². The zero-order valence-electron chi connectivity index (χ0n) is 49.1. The number of aliphatic carboxylic acids is 1.